The third-order valence-electron chi connectivity index (χ3n) is 2.29. The van der Waals surface area contributed by atoms with Crippen LogP contribution >= 0.6 is 11.6 Å². The molecule has 0 amide bonds. The normalized spacial score (nSPS) is 14.1. The summed E-state index contributed by atoms with van der Waals surface area (Å²) in [4.78, 5) is 0. The molecule has 0 saturated heterocycles. The summed E-state index contributed by atoms with van der Waals surface area (Å²) in [7, 11) is 0. The highest BCUT2D eigenvalue weighted by Gasteiger charge is 2.25. The first-order valence-electron chi connectivity index (χ1n) is 4.57. The number of nitrogens with two attached hydrogens (primary N) is 1. The van der Waals surface area contributed by atoms with Gasteiger partial charge in [0.05, 0.1) is 5.02 Å². The second-order valence-corrected chi connectivity index (χ2v) is 4.93. The lowest BCUT2D eigenvalue weighted by molar-refractivity contribution is 0.318. The van der Waals surface area contributed by atoms with Gasteiger partial charge < -0.3 is 10.8 Å². The number of aromatic hydroxyl groups is 1. The molecule has 0 fully saturated rings. The third kappa shape index (κ3) is 2.20. The minimum Gasteiger partial charge on any atom is -0.506 e. The maximum absolute atomic E-state index is 9.72. The second-order valence-electron chi connectivity index (χ2n) is 4.52. The van der Waals surface area contributed by atoms with Crippen LogP contribution in [-0.4, -0.2) is 5.11 Å². The van der Waals surface area contributed by atoms with E-state index in [0.29, 0.717) is 10.6 Å². The molecule has 0 spiro atoms. The van der Waals surface area contributed by atoms with Crippen LogP contribution < -0.4 is 5.73 Å². The van der Waals surface area contributed by atoms with E-state index in [9.17, 15) is 5.11 Å². The first kappa shape index (κ1) is 11.3. The zero-order chi connectivity index (χ0) is 10.9. The molecule has 1 rings (SSSR count). The molecular weight excluding hydrogens is 198 g/mol. The van der Waals surface area contributed by atoms with E-state index in [-0.39, 0.29) is 17.2 Å². The van der Waals surface area contributed by atoms with E-state index in [1.807, 2.05) is 20.8 Å². The molecule has 78 valence electrons. The van der Waals surface area contributed by atoms with Crippen LogP contribution in [0.25, 0.3) is 0 Å². The van der Waals surface area contributed by atoms with E-state index in [1.165, 1.54) is 0 Å². The number of phenolic OH excluding ortho intramolecular Hbond substituents is 1. The van der Waals surface area contributed by atoms with Gasteiger partial charge in [0.25, 0.3) is 0 Å². The van der Waals surface area contributed by atoms with Crippen LogP contribution in [-0.2, 0) is 0 Å². The number of halogens is 1. The first-order chi connectivity index (χ1) is 6.34. The van der Waals surface area contributed by atoms with E-state index in [2.05, 4.69) is 0 Å². The number of rotatable bonds is 1. The fraction of sp³-hybridized carbons (Fsp3) is 0.455. The molecule has 0 aromatic heterocycles. The number of benzene rings is 1. The SMILES string of the molecule is CC(C)(C)[C@H](N)c1cccc(Cl)c1O. The Balaban J connectivity index is 3.14. The Bertz CT molecular complexity index is 331. The van der Waals surface area contributed by atoms with Gasteiger partial charge >= 0.3 is 0 Å². The molecule has 0 aliphatic heterocycles. The fourth-order valence-electron chi connectivity index (χ4n) is 1.25. The number of hydrogen-bond donors (Lipinski definition) is 2. The molecule has 1 atom stereocenters. The summed E-state index contributed by atoms with van der Waals surface area (Å²) in [5, 5.41) is 10.1. The monoisotopic (exact) mass is 213 g/mol. The molecule has 0 bridgehead atoms. The van der Waals surface area contributed by atoms with Crippen molar-refractivity contribution in [1.29, 1.82) is 0 Å². The lowest BCUT2D eigenvalue weighted by Crippen LogP contribution is -2.26. The van der Waals surface area contributed by atoms with Crippen LogP contribution in [0.4, 0.5) is 0 Å². The van der Waals surface area contributed by atoms with Crippen LogP contribution in [0, 0.1) is 5.41 Å². The summed E-state index contributed by atoms with van der Waals surface area (Å²) in [6.07, 6.45) is 0. The highest BCUT2D eigenvalue weighted by Crippen LogP contribution is 2.38. The minimum atomic E-state index is -0.221. The van der Waals surface area contributed by atoms with Crippen LogP contribution in [0.5, 0.6) is 5.75 Å². The van der Waals surface area contributed by atoms with Gasteiger partial charge in [0, 0.05) is 11.6 Å². The number of hydrogen-bond acceptors (Lipinski definition) is 2. The van der Waals surface area contributed by atoms with Crippen molar-refractivity contribution in [3.05, 3.63) is 28.8 Å². The van der Waals surface area contributed by atoms with Crippen LogP contribution in [0.1, 0.15) is 32.4 Å². The Morgan fingerprint density at radius 2 is 1.93 bits per heavy atom. The molecule has 0 aliphatic carbocycles. The van der Waals surface area contributed by atoms with Crippen molar-refractivity contribution in [2.75, 3.05) is 0 Å². The van der Waals surface area contributed by atoms with E-state index >= 15 is 0 Å². The van der Waals surface area contributed by atoms with E-state index in [1.54, 1.807) is 18.2 Å². The van der Waals surface area contributed by atoms with Crippen LogP contribution in [0.2, 0.25) is 5.02 Å². The third-order valence-corrected chi connectivity index (χ3v) is 2.59. The van der Waals surface area contributed by atoms with Crippen molar-refractivity contribution in [2.24, 2.45) is 11.1 Å². The van der Waals surface area contributed by atoms with E-state index < -0.39 is 0 Å². The van der Waals surface area contributed by atoms with Gasteiger partial charge in [-0.25, -0.2) is 0 Å². The number of para-hydroxylation sites is 1. The zero-order valence-corrected chi connectivity index (χ0v) is 9.47. The smallest absolute Gasteiger partial charge is 0.138 e. The fourth-order valence-corrected chi connectivity index (χ4v) is 1.43. The molecule has 14 heavy (non-hydrogen) atoms. The Labute approximate surface area is 89.7 Å². The molecule has 3 heteroatoms. The van der Waals surface area contributed by atoms with Gasteiger partial charge in [-0.05, 0) is 11.5 Å². The van der Waals surface area contributed by atoms with Gasteiger partial charge in [0.2, 0.25) is 0 Å². The Morgan fingerprint density at radius 3 is 2.43 bits per heavy atom. The zero-order valence-electron chi connectivity index (χ0n) is 8.71. The topological polar surface area (TPSA) is 46.2 Å². The predicted molar refractivity (Wildman–Crippen MR) is 59.5 cm³/mol. The van der Waals surface area contributed by atoms with Crippen molar-refractivity contribution in [2.45, 2.75) is 26.8 Å². The van der Waals surface area contributed by atoms with Gasteiger partial charge in [-0.15, -0.1) is 0 Å². The standard InChI is InChI=1S/C11H16ClNO/c1-11(2,3)10(13)7-5-4-6-8(12)9(7)14/h4-6,10,14H,13H2,1-3H3/t10-/m1/s1. The van der Waals surface area contributed by atoms with Crippen LogP contribution in [0.15, 0.2) is 18.2 Å². The quantitative estimate of drug-likeness (QED) is 0.753. The molecule has 2 nitrogen and oxygen atoms in total. The van der Waals surface area contributed by atoms with E-state index in [4.69, 9.17) is 17.3 Å². The number of phenols is 1. The van der Waals surface area contributed by atoms with Crippen molar-refractivity contribution in [1.82, 2.24) is 0 Å². The van der Waals surface area contributed by atoms with Gasteiger partial charge in [0.1, 0.15) is 5.75 Å². The summed E-state index contributed by atoms with van der Waals surface area (Å²) in [6, 6.07) is 5.02. The Hall–Kier alpha value is -0.730. The van der Waals surface area contributed by atoms with Crippen molar-refractivity contribution < 1.29 is 5.11 Å². The maximum atomic E-state index is 9.72. The molecule has 0 aliphatic rings. The van der Waals surface area contributed by atoms with Gasteiger partial charge in [0.15, 0.2) is 0 Å². The van der Waals surface area contributed by atoms with Crippen molar-refractivity contribution >= 4 is 11.6 Å². The average molecular weight is 214 g/mol. The van der Waals surface area contributed by atoms with Crippen molar-refractivity contribution in [3.63, 3.8) is 0 Å². The van der Waals surface area contributed by atoms with Crippen molar-refractivity contribution in [3.8, 4) is 5.75 Å². The highest BCUT2D eigenvalue weighted by atomic mass is 35.5. The Morgan fingerprint density at radius 1 is 1.36 bits per heavy atom. The Kier molecular flexibility index (Phi) is 3.07. The highest BCUT2D eigenvalue weighted by molar-refractivity contribution is 6.32. The minimum absolute atomic E-state index is 0.0941. The summed E-state index contributed by atoms with van der Waals surface area (Å²) >= 11 is 5.80. The van der Waals surface area contributed by atoms with Crippen LogP contribution in [0.3, 0.4) is 0 Å². The molecule has 1 aromatic carbocycles. The molecule has 0 unspecified atom stereocenters. The van der Waals surface area contributed by atoms with Gasteiger partial charge in [-0.2, -0.15) is 0 Å². The summed E-state index contributed by atoms with van der Waals surface area (Å²) in [6.45, 7) is 6.08. The molecule has 1 aromatic rings. The lowest BCUT2D eigenvalue weighted by Gasteiger charge is -2.28. The largest absolute Gasteiger partial charge is 0.506 e. The summed E-state index contributed by atoms with van der Waals surface area (Å²) in [5.41, 5.74) is 6.63. The van der Waals surface area contributed by atoms with E-state index in [0.717, 1.165) is 0 Å². The van der Waals surface area contributed by atoms with Gasteiger partial charge in [-0.1, -0.05) is 44.5 Å². The average Bonchev–Trinajstić information content (AvgIpc) is 2.07. The molecule has 0 radical (unpaired) electrons. The molecular formula is C11H16ClNO. The molecule has 0 heterocycles. The predicted octanol–water partition coefficient (Wildman–Crippen LogP) is 3.09. The summed E-state index contributed by atoms with van der Waals surface area (Å²) in [5.74, 6) is 0.0941. The molecule has 3 N–H and O–H groups in total. The second kappa shape index (κ2) is 3.79. The molecule has 0 saturated carbocycles. The van der Waals surface area contributed by atoms with Gasteiger partial charge in [-0.3, -0.25) is 0 Å². The summed E-state index contributed by atoms with van der Waals surface area (Å²) < 4.78 is 0. The maximum Gasteiger partial charge on any atom is 0.138 e. The first-order valence-corrected chi connectivity index (χ1v) is 4.95. The lowest BCUT2D eigenvalue weighted by atomic mass is 9.83.